The Bertz CT molecular complexity index is 1220. The number of esters is 1. The average Bonchev–Trinajstić information content (AvgIpc) is 3.52. The van der Waals surface area contributed by atoms with Crippen molar-refractivity contribution in [3.05, 3.63) is 51.5 Å². The maximum Gasteiger partial charge on any atom is 0.418 e. The second kappa shape index (κ2) is 11.4. The predicted octanol–water partition coefficient (Wildman–Crippen LogP) is 3.88. The summed E-state index contributed by atoms with van der Waals surface area (Å²) in [7, 11) is 0. The largest absolute Gasteiger partial charge is 0.477 e. The molecular weight excluding hydrogens is 484 g/mol. The Hall–Kier alpha value is -3.67. The molecule has 3 aromatic rings. The number of hydrogen-bond donors (Lipinski definition) is 0. The minimum Gasteiger partial charge on any atom is -0.477 e. The molecular formula is C24H28N6O5S. The number of pyridine rings is 1. The molecule has 0 bridgehead atoms. The Morgan fingerprint density at radius 3 is 2.67 bits per heavy atom. The molecule has 0 unspecified atom stereocenters. The van der Waals surface area contributed by atoms with Gasteiger partial charge in [-0.1, -0.05) is 24.3 Å². The van der Waals surface area contributed by atoms with Crippen LogP contribution in [0.3, 0.4) is 0 Å². The van der Waals surface area contributed by atoms with E-state index in [9.17, 15) is 9.59 Å². The maximum atomic E-state index is 12.9. The van der Waals surface area contributed by atoms with Crippen molar-refractivity contribution < 1.29 is 23.8 Å². The van der Waals surface area contributed by atoms with Gasteiger partial charge >= 0.3 is 12.1 Å². The first-order valence-electron chi connectivity index (χ1n) is 11.6. The number of carbonyl (C=O) groups is 2. The molecule has 0 aromatic carbocycles. The molecule has 11 nitrogen and oxygen atoms in total. The Morgan fingerprint density at radius 2 is 1.97 bits per heavy atom. The molecule has 1 amide bonds. The summed E-state index contributed by atoms with van der Waals surface area (Å²) in [5.41, 5.74) is 2.20. The third-order valence-corrected chi connectivity index (χ3v) is 6.36. The highest BCUT2D eigenvalue weighted by Crippen LogP contribution is 2.46. The molecule has 1 aliphatic carbocycles. The molecule has 3 heterocycles. The smallest absolute Gasteiger partial charge is 0.418 e. The molecule has 0 spiro atoms. The van der Waals surface area contributed by atoms with E-state index in [0.29, 0.717) is 35.2 Å². The molecule has 4 rings (SSSR count). The van der Waals surface area contributed by atoms with E-state index in [1.165, 1.54) is 16.2 Å². The minimum atomic E-state index is -0.747. The topological polar surface area (TPSA) is 130 Å². The van der Waals surface area contributed by atoms with Crippen LogP contribution < -0.4 is 9.64 Å². The molecule has 36 heavy (non-hydrogen) atoms. The van der Waals surface area contributed by atoms with Gasteiger partial charge in [-0.2, -0.15) is 4.98 Å². The quantitative estimate of drug-likeness (QED) is 0.291. The van der Waals surface area contributed by atoms with E-state index in [1.807, 2.05) is 20.0 Å². The summed E-state index contributed by atoms with van der Waals surface area (Å²) in [6, 6.07) is 5.71. The molecule has 2 atom stereocenters. The van der Waals surface area contributed by atoms with Gasteiger partial charge in [-0.3, -0.25) is 14.7 Å². The van der Waals surface area contributed by atoms with Crippen molar-refractivity contribution in [3.8, 4) is 5.88 Å². The fourth-order valence-electron chi connectivity index (χ4n) is 3.52. The monoisotopic (exact) mass is 512 g/mol. The van der Waals surface area contributed by atoms with Crippen molar-refractivity contribution in [2.45, 2.75) is 53.0 Å². The van der Waals surface area contributed by atoms with Gasteiger partial charge in [0.2, 0.25) is 12.7 Å². The van der Waals surface area contributed by atoms with Crippen molar-refractivity contribution in [3.63, 3.8) is 0 Å². The van der Waals surface area contributed by atoms with E-state index in [0.717, 1.165) is 22.7 Å². The fourth-order valence-corrected chi connectivity index (χ4v) is 4.22. The van der Waals surface area contributed by atoms with Crippen molar-refractivity contribution >= 4 is 29.2 Å². The zero-order valence-electron chi connectivity index (χ0n) is 20.6. The third kappa shape index (κ3) is 6.72. The molecule has 0 radical (unpaired) electrons. The van der Waals surface area contributed by atoms with Crippen LogP contribution in [0.25, 0.3) is 0 Å². The van der Waals surface area contributed by atoms with Gasteiger partial charge in [-0.15, -0.1) is 10.2 Å². The number of aromatic nitrogens is 5. The van der Waals surface area contributed by atoms with E-state index in [2.05, 4.69) is 37.3 Å². The lowest BCUT2D eigenvalue weighted by Crippen LogP contribution is -2.33. The highest BCUT2D eigenvalue weighted by Gasteiger charge is 2.40. The number of amides is 1. The number of anilines is 1. The van der Waals surface area contributed by atoms with Crippen molar-refractivity contribution in [1.82, 2.24) is 25.1 Å². The lowest BCUT2D eigenvalue weighted by atomic mass is 10.2. The molecule has 1 aliphatic rings. The van der Waals surface area contributed by atoms with Gasteiger partial charge in [0.1, 0.15) is 21.7 Å². The van der Waals surface area contributed by atoms with Gasteiger partial charge in [0.15, 0.2) is 0 Å². The Labute approximate surface area is 212 Å². The van der Waals surface area contributed by atoms with Crippen LogP contribution >= 0.6 is 11.3 Å². The number of carbonyl (C=O) groups excluding carboxylic acids is 2. The predicted molar refractivity (Wildman–Crippen MR) is 131 cm³/mol. The van der Waals surface area contributed by atoms with E-state index in [-0.39, 0.29) is 18.8 Å². The van der Waals surface area contributed by atoms with E-state index < -0.39 is 18.9 Å². The van der Waals surface area contributed by atoms with Crippen LogP contribution in [0.2, 0.25) is 0 Å². The highest BCUT2D eigenvalue weighted by atomic mass is 32.1. The van der Waals surface area contributed by atoms with Gasteiger partial charge in [-0.25, -0.2) is 9.78 Å². The Kier molecular flexibility index (Phi) is 8.04. The van der Waals surface area contributed by atoms with Gasteiger partial charge in [0, 0.05) is 36.2 Å². The molecule has 1 fully saturated rings. The zero-order chi connectivity index (χ0) is 25.7. The van der Waals surface area contributed by atoms with Crippen LogP contribution in [0.4, 0.5) is 10.6 Å². The summed E-state index contributed by atoms with van der Waals surface area (Å²) in [6.45, 7) is 7.26. The summed E-state index contributed by atoms with van der Waals surface area (Å²) in [6.07, 6.45) is 2.31. The SMILES string of the molecule is CCC(=O)OCOC(=O)N(Cc1nnc(C)s1)c1cc(OC[C@H]2C[C@@H]2c2ccc(C)cn2)nc(C)n1. The van der Waals surface area contributed by atoms with Crippen molar-refractivity contribution in [2.75, 3.05) is 18.3 Å². The lowest BCUT2D eigenvalue weighted by Gasteiger charge is -2.20. The van der Waals surface area contributed by atoms with Gasteiger partial charge in [0.05, 0.1) is 13.2 Å². The zero-order valence-corrected chi connectivity index (χ0v) is 21.4. The number of rotatable bonds is 10. The molecule has 1 saturated carbocycles. The van der Waals surface area contributed by atoms with E-state index >= 15 is 0 Å². The summed E-state index contributed by atoms with van der Waals surface area (Å²) in [5.74, 6) is 1.30. The number of aryl methyl sites for hydroxylation is 3. The molecule has 3 aromatic heterocycles. The number of hydrogen-bond acceptors (Lipinski definition) is 11. The molecule has 0 aliphatic heterocycles. The summed E-state index contributed by atoms with van der Waals surface area (Å²) < 4.78 is 16.0. The lowest BCUT2D eigenvalue weighted by molar-refractivity contribution is -0.151. The molecule has 12 heteroatoms. The van der Waals surface area contributed by atoms with Gasteiger partial charge in [0.25, 0.3) is 0 Å². The van der Waals surface area contributed by atoms with Crippen molar-refractivity contribution in [2.24, 2.45) is 5.92 Å². The normalized spacial score (nSPS) is 16.3. The van der Waals surface area contributed by atoms with Crippen molar-refractivity contribution in [1.29, 1.82) is 0 Å². The van der Waals surface area contributed by atoms with Gasteiger partial charge < -0.3 is 14.2 Å². The number of ether oxygens (including phenoxy) is 3. The maximum absolute atomic E-state index is 12.9. The van der Waals surface area contributed by atoms with Crippen LogP contribution in [0.15, 0.2) is 24.4 Å². The van der Waals surface area contributed by atoms with Crippen LogP contribution in [0.5, 0.6) is 5.88 Å². The highest BCUT2D eigenvalue weighted by molar-refractivity contribution is 7.11. The fraction of sp³-hybridized carbons (Fsp3) is 0.458. The Morgan fingerprint density at radius 1 is 1.14 bits per heavy atom. The van der Waals surface area contributed by atoms with E-state index in [4.69, 9.17) is 14.2 Å². The van der Waals surface area contributed by atoms with Crippen LogP contribution in [-0.4, -0.2) is 50.6 Å². The minimum absolute atomic E-state index is 0.0751. The van der Waals surface area contributed by atoms with Crippen LogP contribution in [0.1, 0.15) is 52.8 Å². The van der Waals surface area contributed by atoms with Gasteiger partial charge in [-0.05, 0) is 38.8 Å². The summed E-state index contributed by atoms with van der Waals surface area (Å²) >= 11 is 1.35. The molecule has 0 saturated heterocycles. The third-order valence-electron chi connectivity index (χ3n) is 5.53. The molecule has 190 valence electrons. The Balaban J connectivity index is 1.45. The average molecular weight is 513 g/mol. The van der Waals surface area contributed by atoms with Crippen LogP contribution in [0, 0.1) is 26.7 Å². The second-order valence-corrected chi connectivity index (χ2v) is 9.75. The second-order valence-electron chi connectivity index (χ2n) is 8.48. The standard InChI is InChI=1S/C24H28N6O5S/c1-5-23(31)34-13-35-24(32)30(11-22-29-28-16(4)36-22)20-9-21(27-15(3)26-20)33-12-17-8-18(17)19-7-6-14(2)10-25-19/h6-7,9-10,17-18H,5,8,11-13H2,1-4H3/t17-,18+/m1/s1. The first-order valence-corrected chi connectivity index (χ1v) is 12.4. The first kappa shape index (κ1) is 25.4. The first-order chi connectivity index (χ1) is 17.3. The molecule has 0 N–H and O–H groups in total. The van der Waals surface area contributed by atoms with E-state index in [1.54, 1.807) is 19.9 Å². The van der Waals surface area contributed by atoms with Crippen LogP contribution in [-0.2, 0) is 20.8 Å². The summed E-state index contributed by atoms with van der Waals surface area (Å²) in [4.78, 5) is 38.9. The number of nitrogens with zero attached hydrogens (tertiary/aromatic N) is 6. The summed E-state index contributed by atoms with van der Waals surface area (Å²) in [5, 5.41) is 9.46.